The van der Waals surface area contributed by atoms with E-state index in [0.29, 0.717) is 22.6 Å². The zero-order valence-corrected chi connectivity index (χ0v) is 17.6. The second-order valence-electron chi connectivity index (χ2n) is 7.56. The summed E-state index contributed by atoms with van der Waals surface area (Å²) in [6.07, 6.45) is 0. The standard InChI is InChI=1S/C26H22N2O3/c1-16-9-4-6-13-20(16)27-25-22(17-10-8-11-18(15-17)30-3)23-24(31-25)19-12-5-7-14-21(19)28(2)26(23)29/h4-15,27H,1-3H3. The molecule has 5 rings (SSSR count). The summed E-state index contributed by atoms with van der Waals surface area (Å²) in [4.78, 5) is 13.5. The number of pyridine rings is 1. The first kappa shape index (κ1) is 19.0. The Bertz CT molecular complexity index is 1490. The van der Waals surface area contributed by atoms with Crippen molar-refractivity contribution in [3.05, 3.63) is 88.7 Å². The zero-order chi connectivity index (χ0) is 21.5. The highest BCUT2D eigenvalue weighted by molar-refractivity contribution is 6.11. The average molecular weight is 410 g/mol. The first-order valence-electron chi connectivity index (χ1n) is 10.1. The van der Waals surface area contributed by atoms with Crippen molar-refractivity contribution in [3.63, 3.8) is 0 Å². The number of aryl methyl sites for hydroxylation is 2. The maximum absolute atomic E-state index is 13.5. The number of ether oxygens (including phenoxy) is 1. The van der Waals surface area contributed by atoms with Crippen LogP contribution in [0.1, 0.15) is 5.56 Å². The van der Waals surface area contributed by atoms with Gasteiger partial charge in [0.05, 0.1) is 23.6 Å². The van der Waals surface area contributed by atoms with Crippen LogP contribution in [0.4, 0.5) is 11.6 Å². The predicted octanol–water partition coefficient (Wildman–Crippen LogP) is 6.01. The second-order valence-corrected chi connectivity index (χ2v) is 7.56. The lowest BCUT2D eigenvalue weighted by molar-refractivity contribution is 0.415. The van der Waals surface area contributed by atoms with Crippen molar-refractivity contribution in [3.8, 4) is 16.9 Å². The molecule has 31 heavy (non-hydrogen) atoms. The van der Waals surface area contributed by atoms with Gasteiger partial charge in [-0.15, -0.1) is 0 Å². The molecule has 0 amide bonds. The van der Waals surface area contributed by atoms with E-state index >= 15 is 0 Å². The second kappa shape index (κ2) is 7.36. The molecule has 2 aromatic heterocycles. The van der Waals surface area contributed by atoms with Crippen LogP contribution in [0.3, 0.4) is 0 Å². The van der Waals surface area contributed by atoms with E-state index in [1.54, 1.807) is 18.7 Å². The molecule has 0 aliphatic heterocycles. The summed E-state index contributed by atoms with van der Waals surface area (Å²) in [7, 11) is 3.42. The summed E-state index contributed by atoms with van der Waals surface area (Å²) in [5.74, 6) is 1.25. The maximum Gasteiger partial charge on any atom is 0.262 e. The molecule has 1 N–H and O–H groups in total. The van der Waals surface area contributed by atoms with E-state index in [-0.39, 0.29) is 5.56 Å². The van der Waals surface area contributed by atoms with Crippen LogP contribution in [0.5, 0.6) is 5.75 Å². The van der Waals surface area contributed by atoms with E-state index in [9.17, 15) is 4.79 Å². The fraction of sp³-hybridized carbons (Fsp3) is 0.115. The van der Waals surface area contributed by atoms with E-state index in [1.807, 2.05) is 79.7 Å². The topological polar surface area (TPSA) is 56.4 Å². The van der Waals surface area contributed by atoms with Gasteiger partial charge >= 0.3 is 0 Å². The number of hydrogen-bond donors (Lipinski definition) is 1. The molecule has 0 saturated heterocycles. The van der Waals surface area contributed by atoms with Gasteiger partial charge in [-0.2, -0.15) is 0 Å². The fourth-order valence-electron chi connectivity index (χ4n) is 4.04. The number of aromatic nitrogens is 1. The molecule has 0 aliphatic carbocycles. The predicted molar refractivity (Wildman–Crippen MR) is 125 cm³/mol. The largest absolute Gasteiger partial charge is 0.497 e. The van der Waals surface area contributed by atoms with Gasteiger partial charge in [0, 0.05) is 18.1 Å². The van der Waals surface area contributed by atoms with Gasteiger partial charge in [0.15, 0.2) is 5.58 Å². The van der Waals surface area contributed by atoms with E-state index in [4.69, 9.17) is 9.15 Å². The molecule has 0 saturated carbocycles. The monoisotopic (exact) mass is 410 g/mol. The highest BCUT2D eigenvalue weighted by atomic mass is 16.5. The lowest BCUT2D eigenvalue weighted by atomic mass is 10.0. The van der Waals surface area contributed by atoms with Crippen molar-refractivity contribution in [1.29, 1.82) is 0 Å². The Hall–Kier alpha value is -3.99. The summed E-state index contributed by atoms with van der Waals surface area (Å²) in [5, 5.41) is 4.86. The highest BCUT2D eigenvalue weighted by Gasteiger charge is 2.23. The Morgan fingerprint density at radius 3 is 2.55 bits per heavy atom. The smallest absolute Gasteiger partial charge is 0.262 e. The number of anilines is 2. The van der Waals surface area contributed by atoms with Crippen molar-refractivity contribution < 1.29 is 9.15 Å². The number of rotatable bonds is 4. The number of nitrogens with zero attached hydrogens (tertiary/aromatic N) is 1. The lowest BCUT2D eigenvalue weighted by Gasteiger charge is -2.10. The van der Waals surface area contributed by atoms with Crippen LogP contribution < -0.4 is 15.6 Å². The Morgan fingerprint density at radius 2 is 1.74 bits per heavy atom. The summed E-state index contributed by atoms with van der Waals surface area (Å²) in [5.41, 5.74) is 4.88. The van der Waals surface area contributed by atoms with Crippen LogP contribution in [0.15, 0.2) is 82.0 Å². The van der Waals surface area contributed by atoms with Crippen molar-refractivity contribution in [2.45, 2.75) is 6.92 Å². The Balaban J connectivity index is 1.89. The average Bonchev–Trinajstić information content (AvgIpc) is 3.18. The van der Waals surface area contributed by atoms with Crippen molar-refractivity contribution in [2.75, 3.05) is 12.4 Å². The fourth-order valence-corrected chi connectivity index (χ4v) is 4.04. The minimum atomic E-state index is -0.104. The number of furan rings is 1. The molecule has 5 aromatic rings. The summed E-state index contributed by atoms with van der Waals surface area (Å²) < 4.78 is 13.5. The summed E-state index contributed by atoms with van der Waals surface area (Å²) in [6.45, 7) is 2.03. The third kappa shape index (κ3) is 3.06. The van der Waals surface area contributed by atoms with Crippen LogP contribution in [0, 0.1) is 6.92 Å². The number of benzene rings is 3. The molecule has 0 aliphatic rings. The third-order valence-electron chi connectivity index (χ3n) is 5.69. The van der Waals surface area contributed by atoms with Gasteiger partial charge in [0.2, 0.25) is 5.88 Å². The number of hydrogen-bond acceptors (Lipinski definition) is 4. The molecule has 2 heterocycles. The minimum Gasteiger partial charge on any atom is -0.497 e. The molecule has 3 aromatic carbocycles. The van der Waals surface area contributed by atoms with Crippen LogP contribution >= 0.6 is 0 Å². The zero-order valence-electron chi connectivity index (χ0n) is 17.6. The van der Waals surface area contributed by atoms with Crippen LogP contribution in [-0.4, -0.2) is 11.7 Å². The molecule has 0 bridgehead atoms. The normalized spacial score (nSPS) is 11.2. The number of para-hydroxylation sites is 2. The van der Waals surface area contributed by atoms with Gasteiger partial charge in [0.25, 0.3) is 5.56 Å². The third-order valence-corrected chi connectivity index (χ3v) is 5.69. The first-order chi connectivity index (χ1) is 15.1. The Morgan fingerprint density at radius 1 is 0.968 bits per heavy atom. The SMILES string of the molecule is COc1cccc(-c2c(Nc3ccccc3C)oc3c2c(=O)n(C)c2ccccc32)c1. The molecule has 0 radical (unpaired) electrons. The molecule has 5 heteroatoms. The molecular formula is C26H22N2O3. The Labute approximate surface area is 179 Å². The first-order valence-corrected chi connectivity index (χ1v) is 10.1. The number of fused-ring (bicyclic) bond motifs is 3. The van der Waals surface area contributed by atoms with Crippen molar-refractivity contribution in [2.24, 2.45) is 7.05 Å². The quantitative estimate of drug-likeness (QED) is 0.394. The number of methoxy groups -OCH3 is 1. The van der Waals surface area contributed by atoms with Gasteiger partial charge in [-0.05, 0) is 48.4 Å². The molecular weight excluding hydrogens is 388 g/mol. The molecule has 154 valence electrons. The Kier molecular flexibility index (Phi) is 4.51. The molecule has 0 atom stereocenters. The maximum atomic E-state index is 13.5. The van der Waals surface area contributed by atoms with Crippen LogP contribution in [0.2, 0.25) is 0 Å². The number of nitrogens with one attached hydrogen (secondary N) is 1. The lowest BCUT2D eigenvalue weighted by Crippen LogP contribution is -2.17. The van der Waals surface area contributed by atoms with Gasteiger partial charge in [-0.1, -0.05) is 42.5 Å². The van der Waals surface area contributed by atoms with Gasteiger partial charge < -0.3 is 19.0 Å². The van der Waals surface area contributed by atoms with Gasteiger partial charge in [-0.25, -0.2) is 0 Å². The van der Waals surface area contributed by atoms with Gasteiger partial charge in [-0.3, -0.25) is 4.79 Å². The van der Waals surface area contributed by atoms with Gasteiger partial charge in [0.1, 0.15) is 5.75 Å². The van der Waals surface area contributed by atoms with Crippen LogP contribution in [-0.2, 0) is 7.05 Å². The van der Waals surface area contributed by atoms with Crippen molar-refractivity contribution >= 4 is 33.4 Å². The summed E-state index contributed by atoms with van der Waals surface area (Å²) >= 11 is 0. The molecule has 0 fully saturated rings. The highest BCUT2D eigenvalue weighted by Crippen LogP contribution is 2.41. The molecule has 0 unspecified atom stereocenters. The van der Waals surface area contributed by atoms with E-state index in [1.165, 1.54) is 0 Å². The molecule has 0 spiro atoms. The minimum absolute atomic E-state index is 0.104. The summed E-state index contributed by atoms with van der Waals surface area (Å²) in [6, 6.07) is 23.4. The molecule has 5 nitrogen and oxygen atoms in total. The van der Waals surface area contributed by atoms with E-state index in [0.717, 1.165) is 33.3 Å². The van der Waals surface area contributed by atoms with Crippen LogP contribution in [0.25, 0.3) is 33.0 Å². The van der Waals surface area contributed by atoms with E-state index in [2.05, 4.69) is 5.32 Å². The van der Waals surface area contributed by atoms with E-state index < -0.39 is 0 Å². The van der Waals surface area contributed by atoms with Crippen molar-refractivity contribution in [1.82, 2.24) is 4.57 Å².